The number of benzene rings is 1. The average molecular weight is 453 g/mol. The Hall–Kier alpha value is -2.91. The molecule has 1 atom stereocenters. The van der Waals surface area contributed by atoms with Gasteiger partial charge in [-0.1, -0.05) is 35.3 Å². The fourth-order valence-electron chi connectivity index (χ4n) is 3.38. The Balaban J connectivity index is 1.95. The van der Waals surface area contributed by atoms with Gasteiger partial charge in [0.1, 0.15) is 0 Å². The summed E-state index contributed by atoms with van der Waals surface area (Å²) in [4.78, 5) is 41.8. The Bertz CT molecular complexity index is 970. The van der Waals surface area contributed by atoms with Crippen LogP contribution in [0.15, 0.2) is 36.5 Å². The number of rotatable bonds is 6. The number of carbonyl (C=O) groups excluding carboxylic acids is 1. The predicted octanol–water partition coefficient (Wildman–Crippen LogP) is 3.55. The van der Waals surface area contributed by atoms with E-state index < -0.39 is 16.9 Å². The molecule has 11 heteroatoms. The van der Waals surface area contributed by atoms with Crippen LogP contribution in [0.25, 0.3) is 0 Å². The highest BCUT2D eigenvalue weighted by atomic mass is 35.5. The highest BCUT2D eigenvalue weighted by Gasteiger charge is 2.35. The minimum absolute atomic E-state index is 0.109. The molecule has 1 aromatic carbocycles. The lowest BCUT2D eigenvalue weighted by molar-refractivity contribution is -0.384. The molecule has 1 unspecified atom stereocenters. The molecule has 1 amide bonds. The smallest absolute Gasteiger partial charge is 0.313 e. The van der Waals surface area contributed by atoms with Gasteiger partial charge in [0.25, 0.3) is 0 Å². The maximum absolute atomic E-state index is 12.5. The topological polar surface area (TPSA) is 117 Å². The number of nitrogens with zero attached hydrogens (tertiary/aromatic N) is 4. The van der Waals surface area contributed by atoms with Gasteiger partial charge in [-0.15, -0.1) is 0 Å². The average Bonchev–Trinajstić information content (AvgIpc) is 2.72. The van der Waals surface area contributed by atoms with E-state index in [1.54, 1.807) is 34.1 Å². The third-order valence-corrected chi connectivity index (χ3v) is 5.28. The number of pyridine rings is 1. The van der Waals surface area contributed by atoms with Crippen LogP contribution in [0.3, 0.4) is 0 Å². The fraction of sp³-hybridized carbons (Fsp3) is 0.316. The monoisotopic (exact) mass is 452 g/mol. The number of nitro groups is 1. The van der Waals surface area contributed by atoms with Gasteiger partial charge in [0.15, 0.2) is 0 Å². The van der Waals surface area contributed by atoms with E-state index in [1.807, 2.05) is 0 Å². The van der Waals surface area contributed by atoms with Gasteiger partial charge in [0.2, 0.25) is 11.7 Å². The number of aliphatic carboxylic acids is 1. The Kier molecular flexibility index (Phi) is 6.73. The van der Waals surface area contributed by atoms with Crippen LogP contribution in [0.2, 0.25) is 10.0 Å². The minimum Gasteiger partial charge on any atom is -0.481 e. The van der Waals surface area contributed by atoms with E-state index in [2.05, 4.69) is 4.98 Å². The second-order valence-electron chi connectivity index (χ2n) is 6.75. The molecule has 0 spiro atoms. The Morgan fingerprint density at radius 2 is 1.87 bits per heavy atom. The SMILES string of the molecule is O=C(O)CCC(=O)N1CCN(c2ncc(Cl)cc2[N+](=O)[O-])C(c2ccc(Cl)cc2)C1. The number of aromatic nitrogens is 1. The number of carboxylic acids is 1. The number of anilines is 1. The van der Waals surface area contributed by atoms with Crippen molar-refractivity contribution in [2.75, 3.05) is 24.5 Å². The van der Waals surface area contributed by atoms with Gasteiger partial charge in [-0.05, 0) is 17.7 Å². The largest absolute Gasteiger partial charge is 0.481 e. The second kappa shape index (κ2) is 9.27. The van der Waals surface area contributed by atoms with Crippen LogP contribution in [0.4, 0.5) is 11.5 Å². The van der Waals surface area contributed by atoms with Crippen molar-refractivity contribution in [3.8, 4) is 0 Å². The lowest BCUT2D eigenvalue weighted by Crippen LogP contribution is -2.51. The van der Waals surface area contributed by atoms with Gasteiger partial charge in [-0.2, -0.15) is 0 Å². The zero-order valence-electron chi connectivity index (χ0n) is 15.7. The molecule has 1 fully saturated rings. The molecule has 0 radical (unpaired) electrons. The van der Waals surface area contributed by atoms with Crippen LogP contribution < -0.4 is 4.90 Å². The third-order valence-electron chi connectivity index (χ3n) is 4.82. The number of hydrogen-bond donors (Lipinski definition) is 1. The molecule has 1 saturated heterocycles. The van der Waals surface area contributed by atoms with Crippen molar-refractivity contribution in [1.29, 1.82) is 0 Å². The van der Waals surface area contributed by atoms with Crippen molar-refractivity contribution < 1.29 is 19.6 Å². The highest BCUT2D eigenvalue weighted by Crippen LogP contribution is 2.36. The first-order valence-corrected chi connectivity index (χ1v) is 9.83. The summed E-state index contributed by atoms with van der Waals surface area (Å²) in [5.41, 5.74) is 0.563. The number of piperazine rings is 1. The standard InChI is InChI=1S/C19H18Cl2N4O5/c20-13-3-1-12(2-4-13)16-11-23(17(26)5-6-18(27)28)7-8-24(16)19-15(25(29)30)9-14(21)10-22-19/h1-4,9-10,16H,5-8,11H2,(H,27,28). The summed E-state index contributed by atoms with van der Waals surface area (Å²) in [6.45, 7) is 0.785. The molecule has 1 aliphatic heterocycles. The molecule has 158 valence electrons. The van der Waals surface area contributed by atoms with Crippen LogP contribution in [0, 0.1) is 10.1 Å². The van der Waals surface area contributed by atoms with Crippen molar-refractivity contribution >= 4 is 46.6 Å². The minimum atomic E-state index is -1.04. The van der Waals surface area contributed by atoms with Gasteiger partial charge in [0, 0.05) is 43.3 Å². The number of hydrogen-bond acceptors (Lipinski definition) is 6. The molecule has 2 aromatic rings. The molecule has 3 rings (SSSR count). The summed E-state index contributed by atoms with van der Waals surface area (Å²) >= 11 is 11.9. The van der Waals surface area contributed by atoms with Crippen LogP contribution in [0.1, 0.15) is 24.4 Å². The maximum atomic E-state index is 12.5. The van der Waals surface area contributed by atoms with Crippen molar-refractivity contribution in [3.05, 3.63) is 62.3 Å². The summed E-state index contributed by atoms with van der Waals surface area (Å²) in [6.07, 6.45) is 0.976. The van der Waals surface area contributed by atoms with E-state index in [1.165, 1.54) is 12.3 Å². The Morgan fingerprint density at radius 3 is 2.50 bits per heavy atom. The van der Waals surface area contributed by atoms with Crippen LogP contribution in [-0.2, 0) is 9.59 Å². The first kappa shape index (κ1) is 21.8. The van der Waals surface area contributed by atoms with Crippen LogP contribution in [-0.4, -0.2) is 51.4 Å². The molecule has 2 heterocycles. The van der Waals surface area contributed by atoms with E-state index in [9.17, 15) is 19.7 Å². The molecule has 9 nitrogen and oxygen atoms in total. The summed E-state index contributed by atoms with van der Waals surface area (Å²) in [5, 5.41) is 21.1. The van der Waals surface area contributed by atoms with Gasteiger partial charge in [-0.25, -0.2) is 4.98 Å². The van der Waals surface area contributed by atoms with Crippen molar-refractivity contribution in [2.24, 2.45) is 0 Å². The van der Waals surface area contributed by atoms with Gasteiger partial charge in [0.05, 0.1) is 22.4 Å². The first-order chi connectivity index (χ1) is 14.3. The van der Waals surface area contributed by atoms with E-state index in [-0.39, 0.29) is 54.9 Å². The predicted molar refractivity (Wildman–Crippen MR) is 111 cm³/mol. The molecule has 0 saturated carbocycles. The van der Waals surface area contributed by atoms with Gasteiger partial charge < -0.3 is 14.9 Å². The lowest BCUT2D eigenvalue weighted by atomic mass is 10.0. The van der Waals surface area contributed by atoms with Crippen LogP contribution in [0.5, 0.6) is 0 Å². The zero-order chi connectivity index (χ0) is 21.8. The van der Waals surface area contributed by atoms with Crippen molar-refractivity contribution in [2.45, 2.75) is 18.9 Å². The summed E-state index contributed by atoms with van der Waals surface area (Å²) in [7, 11) is 0. The first-order valence-electron chi connectivity index (χ1n) is 9.08. The van der Waals surface area contributed by atoms with Crippen molar-refractivity contribution in [3.63, 3.8) is 0 Å². The second-order valence-corrected chi connectivity index (χ2v) is 7.62. The Labute approximate surface area is 182 Å². The lowest BCUT2D eigenvalue weighted by Gasteiger charge is -2.42. The molecule has 1 aromatic heterocycles. The summed E-state index contributed by atoms with van der Waals surface area (Å²) < 4.78 is 0. The van der Waals surface area contributed by atoms with Gasteiger partial charge in [-0.3, -0.25) is 19.7 Å². The molecule has 1 N–H and O–H groups in total. The third kappa shape index (κ3) is 4.98. The molecule has 30 heavy (non-hydrogen) atoms. The molecule has 0 bridgehead atoms. The number of carbonyl (C=O) groups is 2. The molecular formula is C19H18Cl2N4O5. The van der Waals surface area contributed by atoms with Gasteiger partial charge >= 0.3 is 11.7 Å². The van der Waals surface area contributed by atoms with E-state index in [4.69, 9.17) is 28.3 Å². The normalized spacial score (nSPS) is 16.4. The summed E-state index contributed by atoms with van der Waals surface area (Å²) in [6, 6.07) is 7.78. The summed E-state index contributed by atoms with van der Waals surface area (Å²) in [5.74, 6) is -1.17. The molecule has 0 aliphatic carbocycles. The van der Waals surface area contributed by atoms with Crippen LogP contribution >= 0.6 is 23.2 Å². The Morgan fingerprint density at radius 1 is 1.17 bits per heavy atom. The fourth-order valence-corrected chi connectivity index (χ4v) is 3.66. The highest BCUT2D eigenvalue weighted by molar-refractivity contribution is 6.31. The quantitative estimate of drug-likeness (QED) is 0.525. The van der Waals surface area contributed by atoms with E-state index in [0.717, 1.165) is 5.56 Å². The molecular weight excluding hydrogens is 435 g/mol. The van der Waals surface area contributed by atoms with E-state index in [0.29, 0.717) is 5.02 Å². The zero-order valence-corrected chi connectivity index (χ0v) is 17.2. The number of halogens is 2. The molecule has 1 aliphatic rings. The number of carboxylic acid groups (broad SMARTS) is 1. The van der Waals surface area contributed by atoms with Crippen molar-refractivity contribution in [1.82, 2.24) is 9.88 Å². The maximum Gasteiger partial charge on any atom is 0.313 e. The number of amides is 1. The van der Waals surface area contributed by atoms with E-state index >= 15 is 0 Å².